The number of hydrogen-bond acceptors (Lipinski definition) is 5. The van der Waals surface area contributed by atoms with Crippen LogP contribution in [-0.2, 0) is 10.0 Å². The molecule has 0 saturated carbocycles. The Bertz CT molecular complexity index is 1500. The number of rotatable bonds is 6. The summed E-state index contributed by atoms with van der Waals surface area (Å²) in [5.41, 5.74) is 1.19. The van der Waals surface area contributed by atoms with E-state index in [1.54, 1.807) is 0 Å². The van der Waals surface area contributed by atoms with E-state index >= 15 is 0 Å². The predicted molar refractivity (Wildman–Crippen MR) is 118 cm³/mol. The summed E-state index contributed by atoms with van der Waals surface area (Å²) in [6, 6.07) is 11.8. The number of sulfonamides is 1. The topological polar surface area (TPSA) is 102 Å². The molecule has 0 aliphatic carbocycles. The highest BCUT2D eigenvalue weighted by molar-refractivity contribution is 7.92. The summed E-state index contributed by atoms with van der Waals surface area (Å²) >= 11 is 0. The molecule has 2 N–H and O–H groups in total. The molecule has 2 heterocycles. The first-order valence-corrected chi connectivity index (χ1v) is 11.3. The van der Waals surface area contributed by atoms with Gasteiger partial charge in [-0.3, -0.25) is 9.52 Å². The van der Waals surface area contributed by atoms with Crippen molar-refractivity contribution in [3.8, 4) is 17.0 Å². The van der Waals surface area contributed by atoms with Crippen LogP contribution in [0.4, 0.5) is 23.2 Å². The van der Waals surface area contributed by atoms with E-state index in [9.17, 15) is 30.8 Å². The van der Waals surface area contributed by atoms with Gasteiger partial charge in [-0.05, 0) is 60.7 Å². The Labute approximate surface area is 196 Å². The molecule has 2 aromatic carbocycles. The lowest BCUT2D eigenvalue weighted by Crippen LogP contribution is -2.18. The standard InChI is InChI=1S/C22H16F4N4O4S/c1-27-21(31)19-18-12-15(10-11-30(18)28-20(19)13-2-4-14(23)5-3-13)29-35(32,33)17-8-6-16(7-9-17)34-22(24,25)26/h2-12,29H,1H3,(H,27,31). The molecule has 4 rings (SSSR count). The molecule has 0 aliphatic rings. The molecule has 13 heteroatoms. The molecule has 2 aromatic heterocycles. The molecule has 0 saturated heterocycles. The number of carbonyl (C=O) groups excluding carboxylic acids is 1. The normalized spacial score (nSPS) is 11.9. The number of nitrogens with one attached hydrogen (secondary N) is 2. The summed E-state index contributed by atoms with van der Waals surface area (Å²) in [5.74, 6) is -1.53. The van der Waals surface area contributed by atoms with Crippen molar-refractivity contribution in [2.45, 2.75) is 11.3 Å². The Hall–Kier alpha value is -4.13. The number of halogens is 4. The molecule has 0 radical (unpaired) electrons. The zero-order valence-electron chi connectivity index (χ0n) is 17.8. The minimum atomic E-state index is -4.91. The van der Waals surface area contributed by atoms with Crippen molar-refractivity contribution in [1.82, 2.24) is 14.9 Å². The van der Waals surface area contributed by atoms with Crippen molar-refractivity contribution in [2.75, 3.05) is 11.8 Å². The van der Waals surface area contributed by atoms with Crippen LogP contribution in [0.1, 0.15) is 10.4 Å². The van der Waals surface area contributed by atoms with Gasteiger partial charge in [0.05, 0.1) is 21.7 Å². The Balaban J connectivity index is 1.70. The van der Waals surface area contributed by atoms with E-state index in [-0.39, 0.29) is 27.4 Å². The number of amides is 1. The van der Waals surface area contributed by atoms with E-state index in [4.69, 9.17) is 0 Å². The van der Waals surface area contributed by atoms with E-state index in [0.717, 1.165) is 24.3 Å². The SMILES string of the molecule is CNC(=O)c1c(-c2ccc(F)cc2)nn2ccc(NS(=O)(=O)c3ccc(OC(F)(F)F)cc3)cc12. The maximum Gasteiger partial charge on any atom is 0.573 e. The summed E-state index contributed by atoms with van der Waals surface area (Å²) in [6.45, 7) is 0. The lowest BCUT2D eigenvalue weighted by molar-refractivity contribution is -0.274. The van der Waals surface area contributed by atoms with Crippen LogP contribution >= 0.6 is 0 Å². The molecule has 35 heavy (non-hydrogen) atoms. The first kappa shape index (κ1) is 24.0. The molecule has 0 aliphatic heterocycles. The van der Waals surface area contributed by atoms with Crippen LogP contribution in [0.2, 0.25) is 0 Å². The van der Waals surface area contributed by atoms with Gasteiger partial charge >= 0.3 is 6.36 Å². The zero-order valence-corrected chi connectivity index (χ0v) is 18.6. The number of anilines is 1. The Morgan fingerprint density at radius 2 is 1.69 bits per heavy atom. The molecule has 8 nitrogen and oxygen atoms in total. The third-order valence-electron chi connectivity index (χ3n) is 4.83. The van der Waals surface area contributed by atoms with Gasteiger partial charge in [-0.15, -0.1) is 13.2 Å². The zero-order chi connectivity index (χ0) is 25.4. The minimum absolute atomic E-state index is 0.0730. The summed E-state index contributed by atoms with van der Waals surface area (Å²) in [4.78, 5) is 12.3. The van der Waals surface area contributed by atoms with Crippen LogP contribution in [0.15, 0.2) is 71.8 Å². The van der Waals surface area contributed by atoms with Gasteiger partial charge in [0.15, 0.2) is 0 Å². The summed E-state index contributed by atoms with van der Waals surface area (Å²) in [6.07, 6.45) is -3.48. The van der Waals surface area contributed by atoms with Gasteiger partial charge in [0, 0.05) is 18.8 Å². The van der Waals surface area contributed by atoms with Crippen LogP contribution in [0.25, 0.3) is 16.8 Å². The number of aromatic nitrogens is 2. The number of hydrogen-bond donors (Lipinski definition) is 2. The Kier molecular flexibility index (Phi) is 6.11. The summed E-state index contributed by atoms with van der Waals surface area (Å²) in [7, 11) is -2.77. The fourth-order valence-electron chi connectivity index (χ4n) is 3.30. The molecular formula is C22H16F4N4O4S. The molecular weight excluding hydrogens is 492 g/mol. The summed E-state index contributed by atoms with van der Waals surface area (Å²) < 4.78 is 83.3. The highest BCUT2D eigenvalue weighted by Crippen LogP contribution is 2.29. The lowest BCUT2D eigenvalue weighted by Gasteiger charge is -2.11. The number of ether oxygens (including phenoxy) is 1. The van der Waals surface area contributed by atoms with Gasteiger partial charge < -0.3 is 10.1 Å². The summed E-state index contributed by atoms with van der Waals surface area (Å²) in [5, 5.41) is 6.87. The molecule has 0 unspecified atom stereocenters. The second-order valence-electron chi connectivity index (χ2n) is 7.18. The van der Waals surface area contributed by atoms with Crippen molar-refractivity contribution in [2.24, 2.45) is 0 Å². The smallest absolute Gasteiger partial charge is 0.406 e. The number of pyridine rings is 1. The minimum Gasteiger partial charge on any atom is -0.406 e. The predicted octanol–water partition coefficient (Wildman–Crippen LogP) is 4.20. The first-order valence-electron chi connectivity index (χ1n) is 9.86. The number of carbonyl (C=O) groups is 1. The number of benzene rings is 2. The average molecular weight is 508 g/mol. The third kappa shape index (κ3) is 5.19. The van der Waals surface area contributed by atoms with Crippen molar-refractivity contribution < 1.29 is 35.5 Å². The van der Waals surface area contributed by atoms with Crippen LogP contribution in [0, 0.1) is 5.82 Å². The van der Waals surface area contributed by atoms with Crippen molar-refractivity contribution >= 4 is 27.1 Å². The lowest BCUT2D eigenvalue weighted by atomic mass is 10.1. The van der Waals surface area contributed by atoms with Gasteiger partial charge in [-0.25, -0.2) is 17.3 Å². The van der Waals surface area contributed by atoms with Gasteiger partial charge in [0.1, 0.15) is 17.3 Å². The van der Waals surface area contributed by atoms with E-state index in [1.807, 2.05) is 0 Å². The molecule has 182 valence electrons. The molecule has 0 spiro atoms. The van der Waals surface area contributed by atoms with E-state index in [0.29, 0.717) is 5.56 Å². The van der Waals surface area contributed by atoms with Gasteiger partial charge in [0.2, 0.25) is 0 Å². The fraction of sp³-hybridized carbons (Fsp3) is 0.0909. The Morgan fingerprint density at radius 3 is 2.29 bits per heavy atom. The fourth-order valence-corrected chi connectivity index (χ4v) is 4.35. The van der Waals surface area contributed by atoms with Crippen molar-refractivity contribution in [3.63, 3.8) is 0 Å². The first-order chi connectivity index (χ1) is 16.5. The quantitative estimate of drug-likeness (QED) is 0.380. The number of fused-ring (bicyclic) bond motifs is 1. The number of nitrogens with zero attached hydrogens (tertiary/aromatic N) is 2. The molecule has 0 fully saturated rings. The van der Waals surface area contributed by atoms with Crippen LogP contribution < -0.4 is 14.8 Å². The van der Waals surface area contributed by atoms with Crippen molar-refractivity contribution in [1.29, 1.82) is 0 Å². The molecule has 0 atom stereocenters. The maximum atomic E-state index is 13.4. The Morgan fingerprint density at radius 1 is 1.03 bits per heavy atom. The van der Waals surface area contributed by atoms with Gasteiger partial charge in [0.25, 0.3) is 15.9 Å². The van der Waals surface area contributed by atoms with Crippen molar-refractivity contribution in [3.05, 3.63) is 78.2 Å². The third-order valence-corrected chi connectivity index (χ3v) is 6.22. The highest BCUT2D eigenvalue weighted by atomic mass is 32.2. The molecule has 1 amide bonds. The average Bonchev–Trinajstić information content (AvgIpc) is 3.17. The molecule has 4 aromatic rings. The van der Waals surface area contributed by atoms with E-state index < -0.39 is 33.9 Å². The van der Waals surface area contributed by atoms with Gasteiger partial charge in [-0.2, -0.15) is 5.10 Å². The highest BCUT2D eigenvalue weighted by Gasteiger charge is 2.31. The van der Waals surface area contributed by atoms with E-state index in [2.05, 4.69) is 19.9 Å². The second kappa shape index (κ2) is 8.91. The van der Waals surface area contributed by atoms with Crippen LogP contribution in [-0.4, -0.2) is 37.3 Å². The maximum absolute atomic E-state index is 13.4. The monoisotopic (exact) mass is 508 g/mol. The largest absolute Gasteiger partial charge is 0.573 e. The van der Waals surface area contributed by atoms with Crippen LogP contribution in [0.3, 0.4) is 0 Å². The van der Waals surface area contributed by atoms with Gasteiger partial charge in [-0.1, -0.05) is 0 Å². The van der Waals surface area contributed by atoms with E-state index in [1.165, 1.54) is 54.2 Å². The number of alkyl halides is 3. The van der Waals surface area contributed by atoms with Crippen LogP contribution in [0.5, 0.6) is 5.75 Å². The molecule has 0 bridgehead atoms. The second-order valence-corrected chi connectivity index (χ2v) is 8.86.